The fourth-order valence-electron chi connectivity index (χ4n) is 2.15. The highest BCUT2D eigenvalue weighted by molar-refractivity contribution is 9.10. The molecule has 1 aliphatic carbocycles. The number of halogens is 1. The van der Waals surface area contributed by atoms with Crippen LogP contribution in [-0.2, 0) is 13.0 Å². The Kier molecular flexibility index (Phi) is 4.93. The number of benzene rings is 1. The van der Waals surface area contributed by atoms with Gasteiger partial charge in [0.05, 0.1) is 17.8 Å². The van der Waals surface area contributed by atoms with E-state index in [1.807, 2.05) is 18.5 Å². The molecular formula is C16H19BrN2OS. The van der Waals surface area contributed by atoms with E-state index in [0.29, 0.717) is 6.61 Å². The molecule has 3 rings (SSSR count). The Morgan fingerprint density at radius 1 is 1.43 bits per heavy atom. The maximum absolute atomic E-state index is 5.88. The van der Waals surface area contributed by atoms with Crippen molar-refractivity contribution in [1.82, 2.24) is 10.3 Å². The number of hydrogen-bond acceptors (Lipinski definition) is 4. The summed E-state index contributed by atoms with van der Waals surface area (Å²) in [7, 11) is 0. The minimum atomic E-state index is 0.695. The van der Waals surface area contributed by atoms with Crippen LogP contribution in [0.4, 0.5) is 0 Å². The van der Waals surface area contributed by atoms with Crippen molar-refractivity contribution in [2.45, 2.75) is 38.8 Å². The fourth-order valence-corrected chi connectivity index (χ4v) is 3.30. The summed E-state index contributed by atoms with van der Waals surface area (Å²) in [5, 5.41) is 3.53. The Morgan fingerprint density at radius 2 is 2.29 bits per heavy atom. The van der Waals surface area contributed by atoms with E-state index < -0.39 is 0 Å². The number of thiazole rings is 1. The van der Waals surface area contributed by atoms with Crippen molar-refractivity contribution in [3.63, 3.8) is 0 Å². The highest BCUT2D eigenvalue weighted by Crippen LogP contribution is 2.25. The van der Waals surface area contributed by atoms with Crippen molar-refractivity contribution in [3.8, 4) is 5.75 Å². The number of nitrogens with one attached hydrogen (secondary N) is 1. The number of nitrogens with zero attached hydrogens (tertiary/aromatic N) is 1. The normalized spacial score (nSPS) is 14.4. The summed E-state index contributed by atoms with van der Waals surface area (Å²) < 4.78 is 7.02. The van der Waals surface area contributed by atoms with Gasteiger partial charge in [0.2, 0.25) is 0 Å². The summed E-state index contributed by atoms with van der Waals surface area (Å²) in [6.07, 6.45) is 3.53. The van der Waals surface area contributed by atoms with Gasteiger partial charge in [-0.3, -0.25) is 0 Å². The standard InChI is InChI=1S/C16H19BrN2OS/c1-11-16(21-10-19-11)6-7-20-14-4-5-15(17)12(8-14)9-18-13-2-3-13/h4-5,8,10,13,18H,2-3,6-7,9H2,1H3. The first-order chi connectivity index (χ1) is 10.2. The molecule has 2 aromatic rings. The molecule has 0 atom stereocenters. The molecule has 0 unspecified atom stereocenters. The van der Waals surface area contributed by atoms with Crippen LogP contribution in [0.25, 0.3) is 0 Å². The zero-order valence-corrected chi connectivity index (χ0v) is 14.5. The van der Waals surface area contributed by atoms with Gasteiger partial charge < -0.3 is 10.1 Å². The first-order valence-electron chi connectivity index (χ1n) is 7.26. The molecule has 0 saturated heterocycles. The van der Waals surface area contributed by atoms with Crippen LogP contribution < -0.4 is 10.1 Å². The van der Waals surface area contributed by atoms with Crippen molar-refractivity contribution in [1.29, 1.82) is 0 Å². The zero-order valence-electron chi connectivity index (χ0n) is 12.1. The predicted molar refractivity (Wildman–Crippen MR) is 90.1 cm³/mol. The molecule has 0 amide bonds. The second kappa shape index (κ2) is 6.90. The van der Waals surface area contributed by atoms with Gasteiger partial charge in [-0.25, -0.2) is 4.98 Å². The number of rotatable bonds is 7. The molecule has 0 spiro atoms. The largest absolute Gasteiger partial charge is 0.493 e. The van der Waals surface area contributed by atoms with E-state index in [1.54, 1.807) is 11.3 Å². The van der Waals surface area contributed by atoms with E-state index in [2.05, 4.69) is 38.4 Å². The smallest absolute Gasteiger partial charge is 0.119 e. The lowest BCUT2D eigenvalue weighted by atomic mass is 10.2. The van der Waals surface area contributed by atoms with Gasteiger partial charge in [0, 0.05) is 28.4 Å². The van der Waals surface area contributed by atoms with Crippen LogP contribution in [0.2, 0.25) is 0 Å². The highest BCUT2D eigenvalue weighted by Gasteiger charge is 2.20. The van der Waals surface area contributed by atoms with E-state index >= 15 is 0 Å². The Balaban J connectivity index is 1.54. The second-order valence-corrected chi connectivity index (χ2v) is 7.16. The average Bonchev–Trinajstić information content (AvgIpc) is 3.22. The van der Waals surface area contributed by atoms with Crippen molar-refractivity contribution >= 4 is 27.3 Å². The van der Waals surface area contributed by atoms with E-state index in [4.69, 9.17) is 4.74 Å². The summed E-state index contributed by atoms with van der Waals surface area (Å²) >= 11 is 5.31. The van der Waals surface area contributed by atoms with Crippen LogP contribution in [0.1, 0.15) is 29.0 Å². The first-order valence-corrected chi connectivity index (χ1v) is 8.93. The third-order valence-electron chi connectivity index (χ3n) is 3.62. The molecule has 0 aliphatic heterocycles. The van der Waals surface area contributed by atoms with Crippen LogP contribution in [0, 0.1) is 6.92 Å². The molecule has 1 heterocycles. The minimum Gasteiger partial charge on any atom is -0.493 e. The monoisotopic (exact) mass is 366 g/mol. The van der Waals surface area contributed by atoms with Crippen molar-refractivity contribution in [2.75, 3.05) is 6.61 Å². The molecule has 1 aliphatic rings. The predicted octanol–water partition coefficient (Wildman–Crippen LogP) is 4.09. The number of ether oxygens (including phenoxy) is 1. The average molecular weight is 367 g/mol. The molecule has 1 saturated carbocycles. The molecule has 5 heteroatoms. The SMILES string of the molecule is Cc1ncsc1CCOc1ccc(Br)c(CNC2CC2)c1. The molecule has 1 aromatic carbocycles. The van der Waals surface area contributed by atoms with Crippen LogP contribution in [0.3, 0.4) is 0 Å². The van der Waals surface area contributed by atoms with Crippen LogP contribution in [0.15, 0.2) is 28.2 Å². The third-order valence-corrected chi connectivity index (χ3v) is 5.39. The van der Waals surface area contributed by atoms with Crippen molar-refractivity contribution < 1.29 is 4.74 Å². The topological polar surface area (TPSA) is 34.1 Å². The summed E-state index contributed by atoms with van der Waals surface area (Å²) in [6.45, 7) is 3.64. The molecule has 21 heavy (non-hydrogen) atoms. The van der Waals surface area contributed by atoms with Crippen LogP contribution in [0.5, 0.6) is 5.75 Å². The van der Waals surface area contributed by atoms with Gasteiger partial charge in [0.15, 0.2) is 0 Å². The molecule has 1 N–H and O–H groups in total. The highest BCUT2D eigenvalue weighted by atomic mass is 79.9. The van der Waals surface area contributed by atoms with Crippen LogP contribution in [-0.4, -0.2) is 17.6 Å². The lowest BCUT2D eigenvalue weighted by Crippen LogP contribution is -2.15. The lowest BCUT2D eigenvalue weighted by molar-refractivity contribution is 0.322. The van der Waals surface area contributed by atoms with E-state index in [-0.39, 0.29) is 0 Å². The summed E-state index contributed by atoms with van der Waals surface area (Å²) in [5.41, 5.74) is 4.27. The maximum atomic E-state index is 5.88. The van der Waals surface area contributed by atoms with E-state index in [9.17, 15) is 0 Å². The van der Waals surface area contributed by atoms with Gasteiger partial charge in [-0.05, 0) is 43.5 Å². The second-order valence-electron chi connectivity index (χ2n) is 5.37. The Morgan fingerprint density at radius 3 is 3.00 bits per heavy atom. The van der Waals surface area contributed by atoms with Crippen LogP contribution >= 0.6 is 27.3 Å². The lowest BCUT2D eigenvalue weighted by Gasteiger charge is -2.10. The van der Waals surface area contributed by atoms with Crippen molar-refractivity contribution in [2.24, 2.45) is 0 Å². The van der Waals surface area contributed by atoms with E-state index in [0.717, 1.165) is 34.9 Å². The van der Waals surface area contributed by atoms with E-state index in [1.165, 1.54) is 23.3 Å². The Hall–Kier alpha value is -0.910. The number of hydrogen-bond donors (Lipinski definition) is 1. The fraction of sp³-hybridized carbons (Fsp3) is 0.438. The summed E-state index contributed by atoms with van der Waals surface area (Å²) in [4.78, 5) is 5.57. The maximum Gasteiger partial charge on any atom is 0.119 e. The zero-order chi connectivity index (χ0) is 14.7. The van der Waals surface area contributed by atoms with Gasteiger partial charge >= 0.3 is 0 Å². The quantitative estimate of drug-likeness (QED) is 0.801. The van der Waals surface area contributed by atoms with Gasteiger partial charge in [0.25, 0.3) is 0 Å². The third kappa shape index (κ3) is 4.28. The molecular weight excluding hydrogens is 348 g/mol. The molecule has 0 radical (unpaired) electrons. The van der Waals surface area contributed by atoms with Gasteiger partial charge in [-0.1, -0.05) is 15.9 Å². The summed E-state index contributed by atoms with van der Waals surface area (Å²) in [6, 6.07) is 6.93. The molecule has 112 valence electrons. The molecule has 1 aromatic heterocycles. The van der Waals surface area contributed by atoms with Crippen molar-refractivity contribution in [3.05, 3.63) is 44.3 Å². The first kappa shape index (κ1) is 15.0. The van der Waals surface area contributed by atoms with Gasteiger partial charge in [-0.2, -0.15) is 0 Å². The minimum absolute atomic E-state index is 0.695. The Bertz CT molecular complexity index is 610. The molecule has 1 fully saturated rings. The number of aromatic nitrogens is 1. The molecule has 3 nitrogen and oxygen atoms in total. The Labute approximate surface area is 137 Å². The number of aryl methyl sites for hydroxylation is 1. The molecule has 0 bridgehead atoms. The van der Waals surface area contributed by atoms with Gasteiger partial charge in [-0.15, -0.1) is 11.3 Å². The van der Waals surface area contributed by atoms with Gasteiger partial charge in [0.1, 0.15) is 5.75 Å². The summed E-state index contributed by atoms with van der Waals surface area (Å²) in [5.74, 6) is 0.938.